The third-order valence-electron chi connectivity index (χ3n) is 3.99. The number of pyridine rings is 1. The van der Waals surface area contributed by atoms with Gasteiger partial charge in [-0.3, -0.25) is 4.98 Å². The maximum absolute atomic E-state index is 4.50. The van der Waals surface area contributed by atoms with Crippen LogP contribution in [0.25, 0.3) is 22.4 Å². The van der Waals surface area contributed by atoms with Crippen molar-refractivity contribution in [3.8, 4) is 11.4 Å². The molecule has 7 heteroatoms. The van der Waals surface area contributed by atoms with Gasteiger partial charge < -0.3 is 15.4 Å². The Kier molecular flexibility index (Phi) is 5.52. The quantitative estimate of drug-likeness (QED) is 0.780. The van der Waals surface area contributed by atoms with E-state index in [2.05, 4.69) is 24.8 Å². The topological polar surface area (TPSA) is 89.2 Å². The van der Waals surface area contributed by atoms with E-state index in [0.717, 1.165) is 41.3 Å². The van der Waals surface area contributed by atoms with Crippen molar-refractivity contribution in [3.05, 3.63) is 36.8 Å². The van der Waals surface area contributed by atoms with E-state index in [1.165, 1.54) is 19.3 Å². The fourth-order valence-electron chi connectivity index (χ4n) is 2.93. The lowest BCUT2D eigenvalue weighted by Crippen LogP contribution is -2.30. The Morgan fingerprint density at radius 3 is 2.57 bits per heavy atom. The van der Waals surface area contributed by atoms with Crippen molar-refractivity contribution in [1.29, 1.82) is 0 Å². The highest BCUT2D eigenvalue weighted by molar-refractivity contribution is 5.90. The molecule has 0 aromatic carbocycles. The molecule has 4 rings (SSSR count). The molecule has 0 bridgehead atoms. The summed E-state index contributed by atoms with van der Waals surface area (Å²) in [5, 5.41) is 0. The summed E-state index contributed by atoms with van der Waals surface area (Å²) >= 11 is 0. The number of nitrogens with zero attached hydrogens (tertiary/aromatic N) is 4. The largest absolute Gasteiger partial charge is 0.412 e. The first-order chi connectivity index (χ1) is 10.4. The normalized spacial score (nSPS) is 14.2. The van der Waals surface area contributed by atoms with Gasteiger partial charge in [0.05, 0.1) is 16.9 Å². The summed E-state index contributed by atoms with van der Waals surface area (Å²) in [6.07, 6.45) is 7.24. The van der Waals surface area contributed by atoms with E-state index >= 15 is 0 Å². The van der Waals surface area contributed by atoms with E-state index in [1.807, 2.05) is 24.3 Å². The minimum atomic E-state index is 0. The van der Waals surface area contributed by atoms with Crippen LogP contribution in [-0.4, -0.2) is 38.5 Å². The van der Waals surface area contributed by atoms with Crippen molar-refractivity contribution in [2.24, 2.45) is 0 Å². The molecule has 0 radical (unpaired) electrons. The van der Waals surface area contributed by atoms with Crippen LogP contribution in [0, 0.1) is 0 Å². The second-order valence-electron chi connectivity index (χ2n) is 5.40. The zero-order valence-corrected chi connectivity index (χ0v) is 13.5. The van der Waals surface area contributed by atoms with E-state index in [9.17, 15) is 0 Å². The molecule has 0 unspecified atom stereocenters. The van der Waals surface area contributed by atoms with Crippen LogP contribution in [0.1, 0.15) is 19.3 Å². The molecule has 0 aliphatic carbocycles. The van der Waals surface area contributed by atoms with Gasteiger partial charge in [0, 0.05) is 19.3 Å². The molecule has 0 spiro atoms. The number of piperidine rings is 1. The Morgan fingerprint density at radius 1 is 1.00 bits per heavy atom. The van der Waals surface area contributed by atoms with Gasteiger partial charge >= 0.3 is 0 Å². The van der Waals surface area contributed by atoms with Gasteiger partial charge in [0.15, 0.2) is 5.82 Å². The Labute approximate surface area is 140 Å². The number of hydrogen-bond acceptors (Lipinski definition) is 4. The van der Waals surface area contributed by atoms with Gasteiger partial charge in [-0.15, -0.1) is 12.4 Å². The first-order valence-corrected chi connectivity index (χ1v) is 7.42. The highest BCUT2D eigenvalue weighted by Gasteiger charge is 2.17. The van der Waals surface area contributed by atoms with Crippen LogP contribution in [0.5, 0.6) is 0 Å². The summed E-state index contributed by atoms with van der Waals surface area (Å²) in [6.45, 7) is 2.15. The van der Waals surface area contributed by atoms with E-state index in [0.29, 0.717) is 0 Å². The summed E-state index contributed by atoms with van der Waals surface area (Å²) in [5.41, 5.74) is 3.88. The highest BCUT2D eigenvalue weighted by atomic mass is 35.5. The average Bonchev–Trinajstić information content (AvgIpc) is 3.00. The smallest absolute Gasteiger partial charge is 0.156 e. The number of aromatic amines is 1. The second kappa shape index (κ2) is 7.39. The Bertz CT molecular complexity index is 756. The van der Waals surface area contributed by atoms with Crippen molar-refractivity contribution >= 4 is 29.3 Å². The van der Waals surface area contributed by atoms with Crippen LogP contribution in [0.3, 0.4) is 0 Å². The molecule has 3 N–H and O–H groups in total. The van der Waals surface area contributed by atoms with Gasteiger partial charge in [-0.05, 0) is 37.5 Å². The lowest BCUT2D eigenvalue weighted by molar-refractivity contribution is 0.574. The first-order valence-electron chi connectivity index (χ1n) is 7.42. The lowest BCUT2D eigenvalue weighted by Gasteiger charge is -2.27. The molecule has 23 heavy (non-hydrogen) atoms. The fourth-order valence-corrected chi connectivity index (χ4v) is 2.93. The molecule has 1 saturated heterocycles. The molecule has 0 atom stereocenters. The van der Waals surface area contributed by atoms with Crippen LogP contribution >= 0.6 is 12.4 Å². The average molecular weight is 334 g/mol. The van der Waals surface area contributed by atoms with Crippen LogP contribution in [0.4, 0.5) is 5.82 Å². The lowest BCUT2D eigenvalue weighted by atomic mass is 10.1. The van der Waals surface area contributed by atoms with Crippen LogP contribution < -0.4 is 4.90 Å². The summed E-state index contributed by atoms with van der Waals surface area (Å²) < 4.78 is 0. The third-order valence-corrected chi connectivity index (χ3v) is 3.99. The first kappa shape index (κ1) is 17.2. The summed E-state index contributed by atoms with van der Waals surface area (Å²) in [7, 11) is 0. The minimum Gasteiger partial charge on any atom is -0.412 e. The number of nitrogens with one attached hydrogen (secondary N) is 1. The number of fused-ring (bicyclic) bond motifs is 1. The van der Waals surface area contributed by atoms with Gasteiger partial charge in [-0.25, -0.2) is 9.97 Å². The maximum Gasteiger partial charge on any atom is 0.156 e. The standard InChI is InChI=1S/C16H17N5.ClH.H2O/c1-4-8-21(9-5-1)16-15-14(18-11-19-16)10-13(20-15)12-6-2-3-7-17-12;;/h2-3,6-7,10-11,20H,1,4-5,8-9H2;1H;1H2. The fraction of sp³-hybridized carbons (Fsp3) is 0.312. The molecule has 1 aliphatic rings. The minimum absolute atomic E-state index is 0. The van der Waals surface area contributed by atoms with Crippen molar-refractivity contribution in [2.45, 2.75) is 19.3 Å². The van der Waals surface area contributed by atoms with Crippen LogP contribution in [0.2, 0.25) is 0 Å². The van der Waals surface area contributed by atoms with Gasteiger partial charge in [0.1, 0.15) is 11.8 Å². The van der Waals surface area contributed by atoms with E-state index in [1.54, 1.807) is 12.5 Å². The molecule has 1 fully saturated rings. The van der Waals surface area contributed by atoms with E-state index in [-0.39, 0.29) is 17.9 Å². The van der Waals surface area contributed by atoms with E-state index in [4.69, 9.17) is 0 Å². The van der Waals surface area contributed by atoms with Crippen LogP contribution in [0.15, 0.2) is 36.8 Å². The molecule has 6 nitrogen and oxygen atoms in total. The molecule has 0 saturated carbocycles. The Balaban J connectivity index is 0.000000960. The summed E-state index contributed by atoms with van der Waals surface area (Å²) in [6, 6.07) is 7.96. The highest BCUT2D eigenvalue weighted by Crippen LogP contribution is 2.28. The molecule has 0 amide bonds. The Hall–Kier alpha value is -2.18. The number of H-pyrrole nitrogens is 1. The summed E-state index contributed by atoms with van der Waals surface area (Å²) in [4.78, 5) is 19.1. The zero-order chi connectivity index (χ0) is 14.1. The van der Waals surface area contributed by atoms with Crippen LogP contribution in [-0.2, 0) is 0 Å². The predicted molar refractivity (Wildman–Crippen MR) is 94.0 cm³/mol. The molecular formula is C16H20ClN5O. The molecule has 3 aromatic heterocycles. The second-order valence-corrected chi connectivity index (χ2v) is 5.40. The maximum atomic E-state index is 4.50. The zero-order valence-electron chi connectivity index (χ0n) is 12.7. The molecular weight excluding hydrogens is 314 g/mol. The molecule has 1 aliphatic heterocycles. The van der Waals surface area contributed by atoms with Gasteiger partial charge in [0.25, 0.3) is 0 Å². The number of anilines is 1. The van der Waals surface area contributed by atoms with Gasteiger partial charge in [-0.1, -0.05) is 6.07 Å². The van der Waals surface area contributed by atoms with Gasteiger partial charge in [0.2, 0.25) is 0 Å². The summed E-state index contributed by atoms with van der Waals surface area (Å²) in [5.74, 6) is 1.02. The SMILES string of the molecule is Cl.O.c1ccc(-c2cc3ncnc(N4CCCCC4)c3[nH]2)nc1. The van der Waals surface area contributed by atoms with Crippen molar-refractivity contribution < 1.29 is 5.48 Å². The third kappa shape index (κ3) is 3.28. The number of rotatable bonds is 2. The number of hydrogen-bond donors (Lipinski definition) is 1. The number of aromatic nitrogens is 4. The molecule has 4 heterocycles. The Morgan fingerprint density at radius 2 is 1.83 bits per heavy atom. The molecule has 3 aromatic rings. The van der Waals surface area contributed by atoms with E-state index < -0.39 is 0 Å². The van der Waals surface area contributed by atoms with Crippen molar-refractivity contribution in [1.82, 2.24) is 19.9 Å². The predicted octanol–water partition coefficient (Wildman–Crippen LogP) is 2.61. The van der Waals surface area contributed by atoms with Crippen molar-refractivity contribution in [2.75, 3.05) is 18.0 Å². The molecule has 122 valence electrons. The monoisotopic (exact) mass is 333 g/mol. The number of halogens is 1. The van der Waals surface area contributed by atoms with Gasteiger partial charge in [-0.2, -0.15) is 0 Å². The van der Waals surface area contributed by atoms with Crippen molar-refractivity contribution in [3.63, 3.8) is 0 Å².